The first-order valence-electron chi connectivity index (χ1n) is 5.95. The van der Waals surface area contributed by atoms with Crippen molar-refractivity contribution in [3.05, 3.63) is 31.8 Å². The summed E-state index contributed by atoms with van der Waals surface area (Å²) in [7, 11) is 3.69. The van der Waals surface area contributed by atoms with E-state index in [0.29, 0.717) is 18.7 Å². The highest BCUT2D eigenvalue weighted by molar-refractivity contribution is 14.1. The zero-order valence-corrected chi connectivity index (χ0v) is 14.8. The summed E-state index contributed by atoms with van der Waals surface area (Å²) in [4.78, 5) is 14.2. The van der Waals surface area contributed by atoms with Crippen LogP contribution in [0.2, 0.25) is 0 Å². The highest BCUT2D eigenvalue weighted by atomic mass is 127. The van der Waals surface area contributed by atoms with Crippen molar-refractivity contribution in [1.29, 1.82) is 0 Å². The van der Waals surface area contributed by atoms with Crippen molar-refractivity contribution in [2.24, 2.45) is 0 Å². The summed E-state index contributed by atoms with van der Waals surface area (Å²) < 4.78 is 6.87. The van der Waals surface area contributed by atoms with Crippen molar-refractivity contribution in [1.82, 2.24) is 10.2 Å². The van der Waals surface area contributed by atoms with Crippen molar-refractivity contribution in [3.63, 3.8) is 0 Å². The van der Waals surface area contributed by atoms with Crippen LogP contribution in [0.25, 0.3) is 0 Å². The molecule has 1 aromatic carbocycles. The first kappa shape index (κ1) is 16.9. The minimum atomic E-state index is -0.0363. The zero-order valence-electron chi connectivity index (χ0n) is 11.1. The molecule has 0 unspecified atom stereocenters. The quantitative estimate of drug-likeness (QED) is 0.662. The Morgan fingerprint density at radius 1 is 1.47 bits per heavy atom. The second kappa shape index (κ2) is 8.89. The largest absolute Gasteiger partial charge is 0.383 e. The molecule has 0 aromatic heterocycles. The highest BCUT2D eigenvalue weighted by Gasteiger charge is 2.10. The van der Waals surface area contributed by atoms with E-state index in [0.717, 1.165) is 21.1 Å². The predicted molar refractivity (Wildman–Crippen MR) is 88.6 cm³/mol. The van der Waals surface area contributed by atoms with Gasteiger partial charge < -0.3 is 15.0 Å². The summed E-state index contributed by atoms with van der Waals surface area (Å²) in [5.41, 5.74) is 0.703. The fourth-order valence-electron chi connectivity index (χ4n) is 1.49. The smallest absolute Gasteiger partial charge is 0.252 e. The Kier molecular flexibility index (Phi) is 7.89. The molecule has 0 bridgehead atoms. The molecule has 4 nitrogen and oxygen atoms in total. The number of rotatable bonds is 7. The van der Waals surface area contributed by atoms with Crippen LogP contribution in [0.1, 0.15) is 10.4 Å². The summed E-state index contributed by atoms with van der Waals surface area (Å²) in [5, 5.41) is 2.93. The number of methoxy groups -OCH3 is 1. The molecule has 19 heavy (non-hydrogen) atoms. The molecule has 0 fully saturated rings. The minimum absolute atomic E-state index is 0.0363. The van der Waals surface area contributed by atoms with Gasteiger partial charge in [0.1, 0.15) is 0 Å². The average Bonchev–Trinajstić information content (AvgIpc) is 2.39. The van der Waals surface area contributed by atoms with Crippen LogP contribution >= 0.6 is 38.5 Å². The van der Waals surface area contributed by atoms with E-state index in [1.807, 2.05) is 25.2 Å². The molecule has 1 aromatic rings. The molecular weight excluding hydrogens is 423 g/mol. The van der Waals surface area contributed by atoms with Crippen LogP contribution < -0.4 is 5.32 Å². The van der Waals surface area contributed by atoms with Gasteiger partial charge in [0.25, 0.3) is 5.91 Å². The SMILES string of the molecule is COCCN(C)CCNC(=O)c1cc(Br)ccc1I. The molecule has 0 aliphatic carbocycles. The van der Waals surface area contributed by atoms with Gasteiger partial charge in [0.05, 0.1) is 12.2 Å². The van der Waals surface area contributed by atoms with Gasteiger partial charge in [-0.05, 0) is 47.8 Å². The maximum absolute atomic E-state index is 12.0. The molecule has 1 N–H and O–H groups in total. The Hall–Kier alpha value is -0.180. The van der Waals surface area contributed by atoms with Gasteiger partial charge in [0.15, 0.2) is 0 Å². The summed E-state index contributed by atoms with van der Waals surface area (Å²) in [5.74, 6) is -0.0363. The van der Waals surface area contributed by atoms with E-state index in [1.165, 1.54) is 0 Å². The number of carbonyl (C=O) groups is 1. The Bertz CT molecular complexity index is 429. The molecule has 0 aliphatic heterocycles. The number of amides is 1. The number of hydrogen-bond donors (Lipinski definition) is 1. The third-order valence-electron chi connectivity index (χ3n) is 2.63. The number of ether oxygens (including phenoxy) is 1. The number of carbonyl (C=O) groups excluding carboxylic acids is 1. The van der Waals surface area contributed by atoms with Crippen molar-refractivity contribution in [3.8, 4) is 0 Å². The summed E-state index contributed by atoms with van der Waals surface area (Å²) in [6, 6.07) is 5.69. The first-order chi connectivity index (χ1) is 9.04. The second-order valence-electron chi connectivity index (χ2n) is 4.18. The minimum Gasteiger partial charge on any atom is -0.383 e. The van der Waals surface area contributed by atoms with E-state index in [-0.39, 0.29) is 5.91 Å². The number of nitrogens with zero attached hydrogens (tertiary/aromatic N) is 1. The van der Waals surface area contributed by atoms with Crippen LogP contribution in [0.3, 0.4) is 0 Å². The Morgan fingerprint density at radius 2 is 2.21 bits per heavy atom. The maximum atomic E-state index is 12.0. The van der Waals surface area contributed by atoms with Gasteiger partial charge in [0, 0.05) is 34.8 Å². The lowest BCUT2D eigenvalue weighted by atomic mass is 10.2. The number of halogens is 2. The average molecular weight is 441 g/mol. The van der Waals surface area contributed by atoms with Gasteiger partial charge in [-0.25, -0.2) is 0 Å². The van der Waals surface area contributed by atoms with Gasteiger partial charge in [-0.1, -0.05) is 15.9 Å². The number of hydrogen-bond acceptors (Lipinski definition) is 3. The van der Waals surface area contributed by atoms with Gasteiger partial charge in [-0.15, -0.1) is 0 Å². The highest BCUT2D eigenvalue weighted by Crippen LogP contribution is 2.18. The summed E-state index contributed by atoms with van der Waals surface area (Å²) in [6.45, 7) is 3.00. The Labute approximate surface area is 136 Å². The van der Waals surface area contributed by atoms with E-state index < -0.39 is 0 Å². The van der Waals surface area contributed by atoms with Crippen molar-refractivity contribution < 1.29 is 9.53 Å². The lowest BCUT2D eigenvalue weighted by molar-refractivity contribution is 0.0946. The summed E-state index contributed by atoms with van der Waals surface area (Å²) in [6.07, 6.45) is 0. The molecule has 0 heterocycles. The molecule has 106 valence electrons. The molecule has 0 atom stereocenters. The van der Waals surface area contributed by atoms with Crippen LogP contribution in [0.4, 0.5) is 0 Å². The van der Waals surface area contributed by atoms with Crippen LogP contribution in [0.5, 0.6) is 0 Å². The van der Waals surface area contributed by atoms with Crippen LogP contribution in [0.15, 0.2) is 22.7 Å². The lowest BCUT2D eigenvalue weighted by Crippen LogP contribution is -2.34. The zero-order chi connectivity index (χ0) is 14.3. The molecule has 1 rings (SSSR count). The normalized spacial score (nSPS) is 10.8. The van der Waals surface area contributed by atoms with Gasteiger partial charge in [-0.2, -0.15) is 0 Å². The third-order valence-corrected chi connectivity index (χ3v) is 4.06. The predicted octanol–water partition coefficient (Wildman–Crippen LogP) is 2.36. The fraction of sp³-hybridized carbons (Fsp3) is 0.462. The molecule has 0 saturated heterocycles. The number of nitrogens with one attached hydrogen (secondary N) is 1. The van der Waals surface area contributed by atoms with E-state index in [1.54, 1.807) is 7.11 Å². The monoisotopic (exact) mass is 440 g/mol. The van der Waals surface area contributed by atoms with E-state index >= 15 is 0 Å². The molecule has 0 spiro atoms. The standard InChI is InChI=1S/C13H18BrIN2O2/c1-17(7-8-19-2)6-5-16-13(18)11-9-10(14)3-4-12(11)15/h3-4,9H,5-8H2,1-2H3,(H,16,18). The molecule has 0 saturated carbocycles. The maximum Gasteiger partial charge on any atom is 0.252 e. The second-order valence-corrected chi connectivity index (χ2v) is 6.25. The molecular formula is C13H18BrIN2O2. The molecule has 1 amide bonds. The van der Waals surface area contributed by atoms with Crippen LogP contribution in [-0.2, 0) is 4.74 Å². The molecule has 0 aliphatic rings. The molecule has 6 heteroatoms. The van der Waals surface area contributed by atoms with Gasteiger partial charge in [0.2, 0.25) is 0 Å². The lowest BCUT2D eigenvalue weighted by Gasteiger charge is -2.16. The third kappa shape index (κ3) is 6.20. The van der Waals surface area contributed by atoms with Gasteiger partial charge in [-0.3, -0.25) is 4.79 Å². The van der Waals surface area contributed by atoms with E-state index in [2.05, 4.69) is 48.7 Å². The van der Waals surface area contributed by atoms with Crippen molar-refractivity contribution >= 4 is 44.4 Å². The topological polar surface area (TPSA) is 41.6 Å². The molecule has 0 radical (unpaired) electrons. The fourth-order valence-corrected chi connectivity index (χ4v) is 2.43. The Morgan fingerprint density at radius 3 is 2.89 bits per heavy atom. The van der Waals surface area contributed by atoms with Gasteiger partial charge >= 0.3 is 0 Å². The first-order valence-corrected chi connectivity index (χ1v) is 7.82. The van der Waals surface area contributed by atoms with Crippen molar-refractivity contribution in [2.45, 2.75) is 0 Å². The summed E-state index contributed by atoms with van der Waals surface area (Å²) >= 11 is 5.55. The number of benzene rings is 1. The van der Waals surface area contributed by atoms with Crippen LogP contribution in [-0.4, -0.2) is 51.2 Å². The van der Waals surface area contributed by atoms with E-state index in [9.17, 15) is 4.79 Å². The Balaban J connectivity index is 2.41. The number of likely N-dealkylation sites (N-methyl/N-ethyl adjacent to an activating group) is 1. The van der Waals surface area contributed by atoms with Crippen LogP contribution in [0, 0.1) is 3.57 Å². The van der Waals surface area contributed by atoms with Crippen molar-refractivity contribution in [2.75, 3.05) is 40.4 Å². The van der Waals surface area contributed by atoms with E-state index in [4.69, 9.17) is 4.74 Å².